The monoisotopic (exact) mass is 483 g/mol. The lowest BCUT2D eigenvalue weighted by atomic mass is 9.89. The highest BCUT2D eigenvalue weighted by Crippen LogP contribution is 2.45. The van der Waals surface area contributed by atoms with E-state index in [9.17, 15) is 9.59 Å². The van der Waals surface area contributed by atoms with Crippen LogP contribution in [0, 0.1) is 11.8 Å². The van der Waals surface area contributed by atoms with Crippen molar-refractivity contribution < 1.29 is 19.5 Å². The zero-order chi connectivity index (χ0) is 24.2. The number of carbonyl (C=O) groups excluding carboxylic acids is 2. The van der Waals surface area contributed by atoms with E-state index in [2.05, 4.69) is 17.0 Å². The second-order valence-corrected chi connectivity index (χ2v) is 9.53. The van der Waals surface area contributed by atoms with Crippen molar-refractivity contribution in [2.24, 2.45) is 11.8 Å². The van der Waals surface area contributed by atoms with E-state index in [1.54, 1.807) is 6.92 Å². The standard InChI is InChI=1S/C25H28ClN3O2.CH2O2/c1-17(30)29-15-20-14-28(16-21(20)24(29)18-7-3-2-4-8-18)25(31)19-9-10-23(22(26)13-19)27-11-5-6-12-27;2-1-3/h2-4,7-10,13,20-21,24H,5-6,11-12,14-16H2,1H3;1H,(H,2,3)/t20-,21-,24-;/m1./s1. The van der Waals surface area contributed by atoms with E-state index < -0.39 is 0 Å². The number of hydrogen-bond acceptors (Lipinski definition) is 4. The second-order valence-electron chi connectivity index (χ2n) is 9.13. The van der Waals surface area contributed by atoms with Crippen molar-refractivity contribution >= 4 is 35.6 Å². The smallest absolute Gasteiger partial charge is 0.290 e. The van der Waals surface area contributed by atoms with Crippen LogP contribution in [-0.2, 0) is 9.59 Å². The summed E-state index contributed by atoms with van der Waals surface area (Å²) in [6.07, 6.45) is 2.38. The van der Waals surface area contributed by atoms with Crippen molar-refractivity contribution in [2.75, 3.05) is 37.6 Å². The minimum Gasteiger partial charge on any atom is -0.483 e. The molecule has 0 spiro atoms. The summed E-state index contributed by atoms with van der Waals surface area (Å²) in [5.41, 5.74) is 2.82. The Kier molecular flexibility index (Phi) is 7.41. The molecule has 0 aliphatic carbocycles. The lowest BCUT2D eigenvalue weighted by Crippen LogP contribution is -2.36. The number of fused-ring (bicyclic) bond motifs is 1. The lowest BCUT2D eigenvalue weighted by molar-refractivity contribution is -0.130. The number of hydrogen-bond donors (Lipinski definition) is 1. The summed E-state index contributed by atoms with van der Waals surface area (Å²) in [5, 5.41) is 7.54. The topological polar surface area (TPSA) is 81.2 Å². The van der Waals surface area contributed by atoms with E-state index in [0.717, 1.165) is 24.3 Å². The van der Waals surface area contributed by atoms with Crippen molar-refractivity contribution in [2.45, 2.75) is 25.8 Å². The third kappa shape index (κ3) is 4.75. The van der Waals surface area contributed by atoms with Gasteiger partial charge in [-0.3, -0.25) is 14.4 Å². The Morgan fingerprint density at radius 1 is 1.03 bits per heavy atom. The van der Waals surface area contributed by atoms with Crippen LogP contribution in [0.2, 0.25) is 5.02 Å². The first-order valence-electron chi connectivity index (χ1n) is 11.7. The molecule has 7 nitrogen and oxygen atoms in total. The average Bonchev–Trinajstić information content (AvgIpc) is 3.56. The largest absolute Gasteiger partial charge is 0.483 e. The number of carboxylic acid groups (broad SMARTS) is 1. The SMILES string of the molecule is CC(=O)N1C[C@H]2CN(C(=O)c3ccc(N4CCCC4)c(Cl)c3)C[C@H]2[C@H]1c1ccccc1.O=CO. The first-order valence-corrected chi connectivity index (χ1v) is 12.1. The molecule has 0 radical (unpaired) electrons. The average molecular weight is 484 g/mol. The molecule has 5 rings (SSSR count). The molecular formula is C26H30ClN3O4. The van der Waals surface area contributed by atoms with Crippen LogP contribution in [0.1, 0.15) is 41.7 Å². The molecule has 1 N–H and O–H groups in total. The Balaban J connectivity index is 0.000000868. The van der Waals surface area contributed by atoms with Crippen molar-refractivity contribution in [3.05, 3.63) is 64.7 Å². The van der Waals surface area contributed by atoms with E-state index in [1.165, 1.54) is 12.8 Å². The molecule has 3 fully saturated rings. The van der Waals surface area contributed by atoms with Gasteiger partial charge < -0.3 is 19.8 Å². The zero-order valence-corrected chi connectivity index (χ0v) is 20.0. The fourth-order valence-electron chi connectivity index (χ4n) is 5.65. The van der Waals surface area contributed by atoms with Gasteiger partial charge in [0.15, 0.2) is 0 Å². The Morgan fingerprint density at radius 2 is 1.71 bits per heavy atom. The van der Waals surface area contributed by atoms with Crippen LogP contribution in [0.25, 0.3) is 0 Å². The van der Waals surface area contributed by atoms with Crippen molar-refractivity contribution in [1.82, 2.24) is 9.80 Å². The molecule has 3 saturated heterocycles. The van der Waals surface area contributed by atoms with Gasteiger partial charge in [0.05, 0.1) is 16.8 Å². The highest BCUT2D eigenvalue weighted by molar-refractivity contribution is 6.33. The Morgan fingerprint density at radius 3 is 2.32 bits per heavy atom. The van der Waals surface area contributed by atoms with Gasteiger partial charge in [0.2, 0.25) is 5.91 Å². The first-order chi connectivity index (χ1) is 16.4. The fourth-order valence-corrected chi connectivity index (χ4v) is 5.95. The minimum atomic E-state index is -0.250. The Hall–Kier alpha value is -3.06. The van der Waals surface area contributed by atoms with E-state index in [1.807, 2.05) is 46.2 Å². The van der Waals surface area contributed by atoms with Gasteiger partial charge in [-0.2, -0.15) is 0 Å². The maximum absolute atomic E-state index is 13.3. The molecule has 2 amide bonds. The molecule has 34 heavy (non-hydrogen) atoms. The van der Waals surface area contributed by atoms with Gasteiger partial charge in [-0.05, 0) is 36.6 Å². The number of nitrogens with zero attached hydrogens (tertiary/aromatic N) is 3. The number of halogens is 1. The van der Waals surface area contributed by atoms with Gasteiger partial charge in [0, 0.05) is 57.0 Å². The van der Waals surface area contributed by atoms with Crippen LogP contribution in [0.4, 0.5) is 5.69 Å². The molecule has 0 bridgehead atoms. The molecule has 3 atom stereocenters. The van der Waals surface area contributed by atoms with Crippen LogP contribution < -0.4 is 4.90 Å². The fraction of sp³-hybridized carbons (Fsp3) is 0.423. The van der Waals surface area contributed by atoms with E-state index in [-0.39, 0.29) is 30.2 Å². The molecule has 8 heteroatoms. The summed E-state index contributed by atoms with van der Waals surface area (Å²) >= 11 is 6.56. The number of amides is 2. The normalized spacial score (nSPS) is 23.4. The van der Waals surface area contributed by atoms with Gasteiger partial charge in [-0.1, -0.05) is 41.9 Å². The highest BCUT2D eigenvalue weighted by atomic mass is 35.5. The second kappa shape index (κ2) is 10.5. The molecule has 2 aromatic rings. The van der Waals surface area contributed by atoms with Gasteiger partial charge >= 0.3 is 0 Å². The maximum Gasteiger partial charge on any atom is 0.290 e. The molecule has 180 valence electrons. The van der Waals surface area contributed by atoms with Crippen LogP contribution in [0.15, 0.2) is 48.5 Å². The Labute approximate surface area is 204 Å². The summed E-state index contributed by atoms with van der Waals surface area (Å²) in [6.45, 7) is 5.49. The van der Waals surface area contributed by atoms with Crippen LogP contribution in [-0.4, -0.2) is 65.9 Å². The van der Waals surface area contributed by atoms with E-state index in [0.29, 0.717) is 36.1 Å². The summed E-state index contributed by atoms with van der Waals surface area (Å²) in [5.74, 6) is 0.697. The van der Waals surface area contributed by atoms with Crippen molar-refractivity contribution in [3.8, 4) is 0 Å². The predicted octanol–water partition coefficient (Wildman–Crippen LogP) is 3.93. The number of carbonyl (C=O) groups is 3. The highest BCUT2D eigenvalue weighted by Gasteiger charge is 2.49. The van der Waals surface area contributed by atoms with Gasteiger partial charge in [0.25, 0.3) is 12.4 Å². The van der Waals surface area contributed by atoms with Gasteiger partial charge in [0.1, 0.15) is 0 Å². The third-order valence-electron chi connectivity index (χ3n) is 7.14. The van der Waals surface area contributed by atoms with Crippen LogP contribution in [0.3, 0.4) is 0 Å². The molecule has 0 aromatic heterocycles. The Bertz CT molecular complexity index is 1040. The molecule has 3 aliphatic heterocycles. The van der Waals surface area contributed by atoms with E-state index >= 15 is 0 Å². The molecule has 3 aliphatic rings. The van der Waals surface area contributed by atoms with Gasteiger partial charge in [-0.25, -0.2) is 0 Å². The summed E-state index contributed by atoms with van der Waals surface area (Å²) < 4.78 is 0. The van der Waals surface area contributed by atoms with E-state index in [4.69, 9.17) is 21.5 Å². The number of benzene rings is 2. The molecule has 0 saturated carbocycles. The minimum absolute atomic E-state index is 0.0302. The molecule has 0 unspecified atom stereocenters. The summed E-state index contributed by atoms with van der Waals surface area (Å²) in [6, 6.07) is 16.0. The quantitative estimate of drug-likeness (QED) is 0.669. The van der Waals surface area contributed by atoms with Crippen LogP contribution >= 0.6 is 11.6 Å². The number of rotatable bonds is 3. The molecule has 2 aromatic carbocycles. The number of likely N-dealkylation sites (tertiary alicyclic amines) is 2. The maximum atomic E-state index is 13.3. The van der Waals surface area contributed by atoms with Crippen LogP contribution in [0.5, 0.6) is 0 Å². The molecule has 3 heterocycles. The summed E-state index contributed by atoms with van der Waals surface area (Å²) in [4.78, 5) is 40.2. The number of anilines is 1. The van der Waals surface area contributed by atoms with Crippen molar-refractivity contribution in [1.29, 1.82) is 0 Å². The molecular weight excluding hydrogens is 454 g/mol. The first kappa shape index (κ1) is 24.1. The predicted molar refractivity (Wildman–Crippen MR) is 131 cm³/mol. The van der Waals surface area contributed by atoms with Crippen molar-refractivity contribution in [3.63, 3.8) is 0 Å². The summed E-state index contributed by atoms with van der Waals surface area (Å²) in [7, 11) is 0. The zero-order valence-electron chi connectivity index (χ0n) is 19.3. The van der Waals surface area contributed by atoms with Gasteiger partial charge in [-0.15, -0.1) is 0 Å². The third-order valence-corrected chi connectivity index (χ3v) is 7.44. The lowest BCUT2D eigenvalue weighted by Gasteiger charge is -2.29.